The molecule has 0 fully saturated rings. The van der Waals surface area contributed by atoms with E-state index in [1.54, 1.807) is 11.3 Å². The molecule has 1 aliphatic carbocycles. The van der Waals surface area contributed by atoms with Gasteiger partial charge in [-0.25, -0.2) is 0 Å². The van der Waals surface area contributed by atoms with Crippen LogP contribution in [0, 0.1) is 0 Å². The van der Waals surface area contributed by atoms with Gasteiger partial charge in [-0.2, -0.15) is 0 Å². The standard InChI is InChI=1S/C10H10O2S/c11-6-7-2-1-3-9-8(10(7)12)4-5-13-9/h4-6,11H,1-3H2/b7-6+. The maximum atomic E-state index is 11.7. The summed E-state index contributed by atoms with van der Waals surface area (Å²) in [6.07, 6.45) is 3.55. The lowest BCUT2D eigenvalue weighted by Crippen LogP contribution is -2.01. The van der Waals surface area contributed by atoms with Crippen LogP contribution >= 0.6 is 11.3 Å². The Bertz CT molecular complexity index is 363. The molecular formula is C10H10O2S. The lowest BCUT2D eigenvalue weighted by molar-refractivity contribution is 0.102. The number of ketones is 1. The van der Waals surface area contributed by atoms with Gasteiger partial charge >= 0.3 is 0 Å². The Morgan fingerprint density at radius 2 is 2.31 bits per heavy atom. The van der Waals surface area contributed by atoms with Gasteiger partial charge in [-0.05, 0) is 30.7 Å². The van der Waals surface area contributed by atoms with Crippen molar-refractivity contribution in [3.05, 3.63) is 33.7 Å². The fourth-order valence-corrected chi connectivity index (χ4v) is 2.50. The molecule has 0 spiro atoms. The minimum atomic E-state index is -0.00347. The first-order valence-corrected chi connectivity index (χ1v) is 5.15. The van der Waals surface area contributed by atoms with Crippen LogP contribution in [0.3, 0.4) is 0 Å². The second-order valence-electron chi connectivity index (χ2n) is 3.09. The van der Waals surface area contributed by atoms with Crippen molar-refractivity contribution in [3.8, 4) is 0 Å². The van der Waals surface area contributed by atoms with Crippen LogP contribution in [0.5, 0.6) is 0 Å². The maximum Gasteiger partial charge on any atom is 0.193 e. The minimum absolute atomic E-state index is 0.00347. The molecule has 0 radical (unpaired) electrons. The van der Waals surface area contributed by atoms with Gasteiger partial charge < -0.3 is 5.11 Å². The van der Waals surface area contributed by atoms with Gasteiger partial charge in [-0.1, -0.05) is 0 Å². The molecule has 13 heavy (non-hydrogen) atoms. The summed E-state index contributed by atoms with van der Waals surface area (Å²) in [5, 5.41) is 10.8. The summed E-state index contributed by atoms with van der Waals surface area (Å²) < 4.78 is 0. The van der Waals surface area contributed by atoms with Crippen molar-refractivity contribution in [1.29, 1.82) is 0 Å². The highest BCUT2D eigenvalue weighted by atomic mass is 32.1. The van der Waals surface area contributed by atoms with Gasteiger partial charge in [0.2, 0.25) is 0 Å². The van der Waals surface area contributed by atoms with Crippen LogP contribution in [0.2, 0.25) is 0 Å². The highest BCUT2D eigenvalue weighted by Gasteiger charge is 2.20. The van der Waals surface area contributed by atoms with E-state index in [4.69, 9.17) is 5.11 Å². The summed E-state index contributed by atoms with van der Waals surface area (Å²) in [6, 6.07) is 1.84. The third-order valence-corrected chi connectivity index (χ3v) is 3.27. The zero-order valence-corrected chi connectivity index (χ0v) is 7.93. The van der Waals surface area contributed by atoms with Crippen molar-refractivity contribution in [2.45, 2.75) is 19.3 Å². The lowest BCUT2D eigenvalue weighted by atomic mass is 10.1. The highest BCUT2D eigenvalue weighted by Crippen LogP contribution is 2.27. The summed E-state index contributed by atoms with van der Waals surface area (Å²) in [4.78, 5) is 12.9. The molecule has 0 amide bonds. The summed E-state index contributed by atoms with van der Waals surface area (Å²) in [6.45, 7) is 0. The highest BCUT2D eigenvalue weighted by molar-refractivity contribution is 7.10. The van der Waals surface area contributed by atoms with Gasteiger partial charge in [0.05, 0.1) is 6.26 Å². The quantitative estimate of drug-likeness (QED) is 0.391. The number of aliphatic hydroxyl groups excluding tert-OH is 1. The van der Waals surface area contributed by atoms with Crippen LogP contribution in [-0.4, -0.2) is 10.9 Å². The Hall–Kier alpha value is -1.09. The molecule has 0 aliphatic heterocycles. The molecule has 2 rings (SSSR count). The number of carbonyl (C=O) groups excluding carboxylic acids is 1. The second-order valence-corrected chi connectivity index (χ2v) is 4.10. The smallest absolute Gasteiger partial charge is 0.193 e. The Kier molecular flexibility index (Phi) is 2.19. The number of carbonyl (C=O) groups is 1. The van der Waals surface area contributed by atoms with Crippen LogP contribution in [-0.2, 0) is 6.42 Å². The van der Waals surface area contributed by atoms with E-state index in [-0.39, 0.29) is 5.78 Å². The first-order chi connectivity index (χ1) is 6.33. The van der Waals surface area contributed by atoms with Gasteiger partial charge in [0.25, 0.3) is 0 Å². The molecule has 1 aromatic heterocycles. The predicted octanol–water partition coefficient (Wildman–Crippen LogP) is 2.71. The van der Waals surface area contributed by atoms with E-state index in [0.717, 1.165) is 29.5 Å². The van der Waals surface area contributed by atoms with Crippen molar-refractivity contribution in [1.82, 2.24) is 0 Å². The van der Waals surface area contributed by atoms with E-state index in [1.165, 1.54) is 0 Å². The van der Waals surface area contributed by atoms with E-state index >= 15 is 0 Å². The molecule has 0 unspecified atom stereocenters. The van der Waals surface area contributed by atoms with Crippen molar-refractivity contribution >= 4 is 17.1 Å². The number of aliphatic hydroxyl groups is 1. The van der Waals surface area contributed by atoms with Crippen LogP contribution in [0.15, 0.2) is 23.3 Å². The summed E-state index contributed by atoms with van der Waals surface area (Å²) in [5.74, 6) is -0.00347. The number of Topliss-reactive ketones (excluding diaryl/α,β-unsaturated/α-hetero) is 1. The van der Waals surface area contributed by atoms with Crippen molar-refractivity contribution in [2.75, 3.05) is 0 Å². The largest absolute Gasteiger partial charge is 0.515 e. The molecule has 68 valence electrons. The van der Waals surface area contributed by atoms with E-state index in [2.05, 4.69) is 0 Å². The molecule has 1 aliphatic rings. The third-order valence-electron chi connectivity index (χ3n) is 2.29. The summed E-state index contributed by atoms with van der Waals surface area (Å²) in [7, 11) is 0. The number of rotatable bonds is 0. The van der Waals surface area contributed by atoms with Gasteiger partial charge in [0.15, 0.2) is 5.78 Å². The van der Waals surface area contributed by atoms with Crippen molar-refractivity contribution < 1.29 is 9.90 Å². The third kappa shape index (κ3) is 1.40. The summed E-state index contributed by atoms with van der Waals surface area (Å²) in [5.41, 5.74) is 1.32. The lowest BCUT2D eigenvalue weighted by Gasteiger charge is -1.97. The Balaban J connectivity index is 2.46. The fourth-order valence-electron chi connectivity index (χ4n) is 1.59. The number of allylic oxidation sites excluding steroid dienone is 1. The molecule has 0 aromatic carbocycles. The van der Waals surface area contributed by atoms with Crippen molar-refractivity contribution in [2.24, 2.45) is 0 Å². The van der Waals surface area contributed by atoms with Gasteiger partial charge in [-0.3, -0.25) is 4.79 Å². The summed E-state index contributed by atoms with van der Waals surface area (Å²) >= 11 is 1.63. The van der Waals surface area contributed by atoms with Gasteiger partial charge in [0, 0.05) is 16.0 Å². The fraction of sp³-hybridized carbons (Fsp3) is 0.300. The zero-order chi connectivity index (χ0) is 9.26. The number of fused-ring (bicyclic) bond motifs is 1. The number of hydrogen-bond donors (Lipinski definition) is 1. The first kappa shape index (κ1) is 8.51. The molecule has 0 bridgehead atoms. The normalized spacial score (nSPS) is 20.0. The predicted molar refractivity (Wildman–Crippen MR) is 52.3 cm³/mol. The van der Waals surface area contributed by atoms with E-state index in [1.807, 2.05) is 11.4 Å². The Labute approximate surface area is 80.5 Å². The number of thiophene rings is 1. The Morgan fingerprint density at radius 1 is 1.46 bits per heavy atom. The molecule has 1 N–H and O–H groups in total. The molecule has 1 heterocycles. The first-order valence-electron chi connectivity index (χ1n) is 4.27. The topological polar surface area (TPSA) is 37.3 Å². The number of aryl methyl sites for hydroxylation is 1. The molecule has 0 saturated carbocycles. The Morgan fingerprint density at radius 3 is 3.08 bits per heavy atom. The SMILES string of the molecule is O=C1/C(=C/O)CCCc2sccc21. The van der Waals surface area contributed by atoms with Gasteiger partial charge in [-0.15, -0.1) is 11.3 Å². The van der Waals surface area contributed by atoms with E-state index < -0.39 is 0 Å². The maximum absolute atomic E-state index is 11.7. The molecule has 2 nitrogen and oxygen atoms in total. The average Bonchev–Trinajstić information content (AvgIpc) is 2.54. The van der Waals surface area contributed by atoms with Crippen LogP contribution in [0.25, 0.3) is 0 Å². The molecule has 3 heteroatoms. The molecule has 0 atom stereocenters. The van der Waals surface area contributed by atoms with Crippen LogP contribution in [0.4, 0.5) is 0 Å². The minimum Gasteiger partial charge on any atom is -0.515 e. The van der Waals surface area contributed by atoms with E-state index in [9.17, 15) is 4.79 Å². The zero-order valence-electron chi connectivity index (χ0n) is 7.12. The molecule has 0 saturated heterocycles. The monoisotopic (exact) mass is 194 g/mol. The van der Waals surface area contributed by atoms with Gasteiger partial charge in [0.1, 0.15) is 0 Å². The van der Waals surface area contributed by atoms with E-state index in [0.29, 0.717) is 12.0 Å². The molecular weight excluding hydrogens is 184 g/mol. The van der Waals surface area contributed by atoms with Crippen LogP contribution < -0.4 is 0 Å². The second kappa shape index (κ2) is 3.34. The average molecular weight is 194 g/mol. The van der Waals surface area contributed by atoms with Crippen molar-refractivity contribution in [3.63, 3.8) is 0 Å². The number of hydrogen-bond acceptors (Lipinski definition) is 3. The van der Waals surface area contributed by atoms with Crippen LogP contribution in [0.1, 0.15) is 28.1 Å². The molecule has 1 aromatic rings.